The van der Waals surface area contributed by atoms with Crippen LogP contribution in [0.15, 0.2) is 41.1 Å². The second-order valence-electron chi connectivity index (χ2n) is 4.70. The number of aliphatic hydroxyl groups excluding tert-OH is 3. The summed E-state index contributed by atoms with van der Waals surface area (Å²) in [6, 6.07) is 6.94. The van der Waals surface area contributed by atoms with Crippen LogP contribution in [-0.2, 0) is 0 Å². The van der Waals surface area contributed by atoms with Gasteiger partial charge in [0.1, 0.15) is 17.9 Å². The predicted molar refractivity (Wildman–Crippen MR) is 76.8 cm³/mol. The van der Waals surface area contributed by atoms with Crippen LogP contribution in [0.2, 0.25) is 0 Å². The molecule has 3 heterocycles. The van der Waals surface area contributed by atoms with E-state index in [0.717, 1.165) is 0 Å². The number of rotatable bonds is 3. The number of thioether (sulfide) groups is 1. The van der Waals surface area contributed by atoms with Crippen molar-refractivity contribution in [3.8, 4) is 17.2 Å². The summed E-state index contributed by atoms with van der Waals surface area (Å²) in [6.45, 7) is 0. The third kappa shape index (κ3) is 2.91. The average molecular weight is 309 g/mol. The van der Waals surface area contributed by atoms with E-state index in [-0.39, 0.29) is 0 Å². The Kier molecular flexibility index (Phi) is 4.16. The van der Waals surface area contributed by atoms with Gasteiger partial charge >= 0.3 is 0 Å². The quantitative estimate of drug-likeness (QED) is 0.774. The van der Waals surface area contributed by atoms with Crippen LogP contribution in [0.4, 0.5) is 0 Å². The Morgan fingerprint density at radius 1 is 1.19 bits per heavy atom. The number of ether oxygens (including phenoxy) is 1. The highest BCUT2D eigenvalue weighted by molar-refractivity contribution is 7.99. The average Bonchev–Trinajstić information content (AvgIpc) is 3.02. The van der Waals surface area contributed by atoms with Crippen molar-refractivity contribution in [3.63, 3.8) is 0 Å². The smallest absolute Gasteiger partial charge is 0.173 e. The van der Waals surface area contributed by atoms with Crippen LogP contribution >= 0.6 is 11.8 Å². The van der Waals surface area contributed by atoms with Crippen molar-refractivity contribution in [2.45, 2.75) is 23.7 Å². The fraction of sp³-hybridized carbons (Fsp3) is 0.357. The van der Waals surface area contributed by atoms with Gasteiger partial charge in [-0.3, -0.25) is 0 Å². The van der Waals surface area contributed by atoms with Gasteiger partial charge in [0.25, 0.3) is 0 Å². The SMILES string of the molecule is O[C@@H]1[C@@H](O)[C@H](Oc2cccnc2-c2ccco2)SC[C@H]1O. The first-order valence-electron chi connectivity index (χ1n) is 6.48. The van der Waals surface area contributed by atoms with Gasteiger partial charge in [-0.2, -0.15) is 0 Å². The normalized spacial score (nSPS) is 29.3. The van der Waals surface area contributed by atoms with Gasteiger partial charge in [-0.05, 0) is 24.3 Å². The molecule has 0 radical (unpaired) electrons. The molecule has 1 saturated heterocycles. The Balaban J connectivity index is 1.83. The van der Waals surface area contributed by atoms with Crippen molar-refractivity contribution in [1.29, 1.82) is 0 Å². The molecule has 3 N–H and O–H groups in total. The van der Waals surface area contributed by atoms with Gasteiger partial charge in [0.2, 0.25) is 0 Å². The van der Waals surface area contributed by atoms with E-state index in [2.05, 4.69) is 4.98 Å². The maximum atomic E-state index is 9.99. The Bertz CT molecular complexity index is 591. The molecule has 1 aliphatic rings. The minimum atomic E-state index is -1.22. The van der Waals surface area contributed by atoms with Crippen LogP contribution in [0.5, 0.6) is 5.75 Å². The van der Waals surface area contributed by atoms with E-state index in [4.69, 9.17) is 9.15 Å². The molecule has 1 aliphatic heterocycles. The summed E-state index contributed by atoms with van der Waals surface area (Å²) in [5, 5.41) is 29.2. The molecular formula is C14H15NO5S. The third-order valence-corrected chi connectivity index (χ3v) is 4.46. The van der Waals surface area contributed by atoms with Crippen molar-refractivity contribution in [1.82, 2.24) is 4.98 Å². The number of furan rings is 1. The molecule has 0 aliphatic carbocycles. The summed E-state index contributed by atoms with van der Waals surface area (Å²) >= 11 is 1.24. The van der Waals surface area contributed by atoms with Gasteiger partial charge in [-0.15, -0.1) is 11.8 Å². The van der Waals surface area contributed by atoms with E-state index < -0.39 is 23.7 Å². The number of nitrogens with zero attached hydrogens (tertiary/aromatic N) is 1. The topological polar surface area (TPSA) is 96.0 Å². The lowest BCUT2D eigenvalue weighted by Crippen LogP contribution is -2.50. The standard InChI is InChI=1S/C14H15NO5S/c16-8-7-21-14(13(18)12(8)17)20-10-3-1-5-15-11(10)9-4-2-6-19-9/h1-6,8,12-14,16-18H,7H2/t8-,12+,13-,14-/m1/s1. The van der Waals surface area contributed by atoms with Crippen LogP contribution in [0.3, 0.4) is 0 Å². The molecule has 0 unspecified atom stereocenters. The Labute approximate surface area is 125 Å². The van der Waals surface area contributed by atoms with E-state index in [9.17, 15) is 15.3 Å². The van der Waals surface area contributed by atoms with Crippen molar-refractivity contribution >= 4 is 11.8 Å². The predicted octanol–water partition coefficient (Wildman–Crippen LogP) is 0.876. The van der Waals surface area contributed by atoms with E-state index in [1.807, 2.05) is 0 Å². The Morgan fingerprint density at radius 2 is 2.05 bits per heavy atom. The highest BCUT2D eigenvalue weighted by Gasteiger charge is 2.38. The molecule has 2 aromatic rings. The molecule has 0 bridgehead atoms. The first-order valence-corrected chi connectivity index (χ1v) is 7.53. The van der Waals surface area contributed by atoms with Gasteiger partial charge in [0.15, 0.2) is 16.9 Å². The van der Waals surface area contributed by atoms with Crippen molar-refractivity contribution in [3.05, 3.63) is 36.7 Å². The van der Waals surface area contributed by atoms with E-state index in [1.54, 1.807) is 30.5 Å². The van der Waals surface area contributed by atoms with Crippen LogP contribution in [-0.4, -0.2) is 49.8 Å². The maximum Gasteiger partial charge on any atom is 0.173 e. The summed E-state index contributed by atoms with van der Waals surface area (Å²) < 4.78 is 11.1. The first kappa shape index (κ1) is 14.4. The van der Waals surface area contributed by atoms with E-state index in [0.29, 0.717) is 23.0 Å². The number of hydrogen-bond donors (Lipinski definition) is 3. The van der Waals surface area contributed by atoms with Gasteiger partial charge in [0.05, 0.1) is 12.4 Å². The zero-order valence-corrected chi connectivity index (χ0v) is 11.8. The summed E-state index contributed by atoms with van der Waals surface area (Å²) in [4.78, 5) is 4.22. The Hall–Kier alpha value is -1.54. The monoisotopic (exact) mass is 309 g/mol. The summed E-state index contributed by atoms with van der Waals surface area (Å²) in [6.07, 6.45) is -0.196. The van der Waals surface area contributed by atoms with Crippen LogP contribution in [0.1, 0.15) is 0 Å². The first-order chi connectivity index (χ1) is 10.2. The molecule has 6 nitrogen and oxygen atoms in total. The Morgan fingerprint density at radius 3 is 2.81 bits per heavy atom. The molecule has 21 heavy (non-hydrogen) atoms. The van der Waals surface area contributed by atoms with Crippen LogP contribution in [0.25, 0.3) is 11.5 Å². The minimum Gasteiger partial charge on any atom is -0.475 e. The summed E-state index contributed by atoms with van der Waals surface area (Å²) in [5.41, 5.74) is -0.155. The van der Waals surface area contributed by atoms with Crippen molar-refractivity contribution in [2.75, 3.05) is 5.75 Å². The van der Waals surface area contributed by atoms with E-state index >= 15 is 0 Å². The number of aromatic nitrogens is 1. The molecule has 0 amide bonds. The highest BCUT2D eigenvalue weighted by atomic mass is 32.2. The second-order valence-corrected chi connectivity index (χ2v) is 5.83. The van der Waals surface area contributed by atoms with Gasteiger partial charge in [-0.25, -0.2) is 4.98 Å². The summed E-state index contributed by atoms with van der Waals surface area (Å²) in [5.74, 6) is 1.30. The molecular weight excluding hydrogens is 294 g/mol. The zero-order chi connectivity index (χ0) is 14.8. The lowest BCUT2D eigenvalue weighted by atomic mass is 10.1. The maximum absolute atomic E-state index is 9.99. The largest absolute Gasteiger partial charge is 0.475 e. The zero-order valence-electron chi connectivity index (χ0n) is 11.0. The molecule has 7 heteroatoms. The molecule has 3 rings (SSSR count). The number of hydrogen-bond acceptors (Lipinski definition) is 7. The molecule has 2 aromatic heterocycles. The van der Waals surface area contributed by atoms with Gasteiger partial charge in [0, 0.05) is 11.9 Å². The molecule has 112 valence electrons. The molecule has 0 saturated carbocycles. The minimum absolute atomic E-state index is 0.291. The summed E-state index contributed by atoms with van der Waals surface area (Å²) in [7, 11) is 0. The van der Waals surface area contributed by atoms with Crippen LogP contribution < -0.4 is 4.74 Å². The molecule has 4 atom stereocenters. The highest BCUT2D eigenvalue weighted by Crippen LogP contribution is 2.33. The molecule has 1 fully saturated rings. The van der Waals surface area contributed by atoms with Gasteiger partial charge in [-0.1, -0.05) is 0 Å². The van der Waals surface area contributed by atoms with Crippen LogP contribution in [0, 0.1) is 0 Å². The third-order valence-electron chi connectivity index (χ3n) is 3.22. The van der Waals surface area contributed by atoms with E-state index in [1.165, 1.54) is 18.0 Å². The van der Waals surface area contributed by atoms with Crippen molar-refractivity contribution < 1.29 is 24.5 Å². The van der Waals surface area contributed by atoms with Crippen molar-refractivity contribution in [2.24, 2.45) is 0 Å². The van der Waals surface area contributed by atoms with Gasteiger partial charge < -0.3 is 24.5 Å². The fourth-order valence-electron chi connectivity index (χ4n) is 2.09. The number of pyridine rings is 1. The fourth-order valence-corrected chi connectivity index (χ4v) is 3.21. The number of aliphatic hydroxyl groups is 3. The second kappa shape index (κ2) is 6.07. The lowest BCUT2D eigenvalue weighted by Gasteiger charge is -2.34. The molecule has 0 aromatic carbocycles. The lowest BCUT2D eigenvalue weighted by molar-refractivity contribution is -0.0785. The molecule has 0 spiro atoms.